The molecule has 5 nitrogen and oxygen atoms in total. The number of aryl methyl sites for hydroxylation is 1. The number of hydrogen-bond donors (Lipinski definition) is 2. The summed E-state index contributed by atoms with van der Waals surface area (Å²) in [5, 5.41) is 9.66. The molecule has 3 rings (SSSR count). The summed E-state index contributed by atoms with van der Waals surface area (Å²) in [6.07, 6.45) is -3.10. The highest BCUT2D eigenvalue weighted by atomic mass is 28.3. The fourth-order valence-corrected chi connectivity index (χ4v) is 3.71. The third-order valence-corrected chi connectivity index (χ3v) is 6.52. The first-order valence-electron chi connectivity index (χ1n) is 9.94. The Hall–Kier alpha value is -2.65. The Labute approximate surface area is 180 Å². The summed E-state index contributed by atoms with van der Waals surface area (Å²) in [5.41, 5.74) is 1.55. The van der Waals surface area contributed by atoms with Crippen LogP contribution in [0.15, 0.2) is 36.5 Å². The van der Waals surface area contributed by atoms with Crippen LogP contribution < -0.4 is 0 Å². The van der Waals surface area contributed by atoms with Crippen LogP contribution in [0.25, 0.3) is 22.6 Å². The molecule has 0 spiro atoms. The zero-order chi connectivity index (χ0) is 22.8. The van der Waals surface area contributed by atoms with Gasteiger partial charge in [0.15, 0.2) is 5.69 Å². The van der Waals surface area contributed by atoms with Crippen LogP contribution in [-0.4, -0.2) is 34.7 Å². The molecule has 3 aromatic rings. The number of rotatable bonds is 7. The van der Waals surface area contributed by atoms with Crippen LogP contribution in [0.2, 0.25) is 25.7 Å². The smallest absolute Gasteiger partial charge is 0.435 e. The number of aromatic nitrogens is 3. The molecule has 0 saturated heterocycles. The molecule has 2 aromatic heterocycles. The highest BCUT2D eigenvalue weighted by Crippen LogP contribution is 2.33. The first-order valence-corrected chi connectivity index (χ1v) is 13.6. The third kappa shape index (κ3) is 5.95. The number of nitrogens with one attached hydrogen (secondary N) is 1. The Morgan fingerprint density at radius 1 is 1.10 bits per heavy atom. The Bertz CT molecular complexity index is 1040. The van der Waals surface area contributed by atoms with Crippen molar-refractivity contribution in [2.24, 2.45) is 0 Å². The molecule has 2 N–H and O–H groups in total. The molecule has 0 fully saturated rings. The Morgan fingerprint density at radius 2 is 1.81 bits per heavy atom. The van der Waals surface area contributed by atoms with Gasteiger partial charge in [0, 0.05) is 32.0 Å². The van der Waals surface area contributed by atoms with Gasteiger partial charge in [0.1, 0.15) is 11.6 Å². The summed E-state index contributed by atoms with van der Waals surface area (Å²) < 4.78 is 45.9. The van der Waals surface area contributed by atoms with E-state index >= 15 is 0 Å². The average Bonchev–Trinajstić information content (AvgIpc) is 3.12. The van der Waals surface area contributed by atoms with Gasteiger partial charge in [0.05, 0.1) is 18.0 Å². The first-order chi connectivity index (χ1) is 14.4. The van der Waals surface area contributed by atoms with Crippen molar-refractivity contribution in [1.29, 1.82) is 0 Å². The minimum Gasteiger partial charge on any atom is -0.508 e. The molecule has 0 radical (unpaired) electrons. The fourth-order valence-electron chi connectivity index (χ4n) is 2.96. The second-order valence-electron chi connectivity index (χ2n) is 8.71. The van der Waals surface area contributed by atoms with Gasteiger partial charge in [0.2, 0.25) is 0 Å². The lowest BCUT2D eigenvalue weighted by Gasteiger charge is -2.15. The standard InChI is InChI=1S/C22H26F3N3O2Si/c1-14-11-15(6-8-19(14)29)17-7-5-16(12-26-17)21-27-18(20(28-21)22(23,24)25)13-30-9-10-31(2,3)4/h5-8,11-12,29H,9-10,13H2,1-4H3,(H,27,28). The molecule has 0 aliphatic heterocycles. The molecule has 0 aliphatic rings. The Kier molecular flexibility index (Phi) is 6.56. The molecule has 1 aromatic carbocycles. The van der Waals surface area contributed by atoms with E-state index in [1.165, 1.54) is 6.20 Å². The van der Waals surface area contributed by atoms with Gasteiger partial charge in [-0.1, -0.05) is 19.6 Å². The van der Waals surface area contributed by atoms with Crippen molar-refractivity contribution >= 4 is 8.07 Å². The largest absolute Gasteiger partial charge is 0.508 e. The van der Waals surface area contributed by atoms with E-state index in [9.17, 15) is 18.3 Å². The highest BCUT2D eigenvalue weighted by molar-refractivity contribution is 6.76. The van der Waals surface area contributed by atoms with E-state index in [2.05, 4.69) is 34.6 Å². The van der Waals surface area contributed by atoms with Crippen LogP contribution >= 0.6 is 0 Å². The van der Waals surface area contributed by atoms with Crippen LogP contribution in [0.5, 0.6) is 5.75 Å². The number of aromatic hydroxyl groups is 1. The lowest BCUT2D eigenvalue weighted by Crippen LogP contribution is -2.21. The minimum atomic E-state index is -4.58. The predicted octanol–water partition coefficient (Wildman–Crippen LogP) is 6.03. The Balaban J connectivity index is 1.81. The number of hydrogen-bond acceptors (Lipinski definition) is 4. The second kappa shape index (κ2) is 8.84. The topological polar surface area (TPSA) is 71.0 Å². The van der Waals surface area contributed by atoms with Crippen molar-refractivity contribution in [3.8, 4) is 28.4 Å². The van der Waals surface area contributed by atoms with Gasteiger partial charge in [-0.2, -0.15) is 13.2 Å². The van der Waals surface area contributed by atoms with Crippen LogP contribution in [0.1, 0.15) is 17.0 Å². The van der Waals surface area contributed by atoms with E-state index in [-0.39, 0.29) is 23.9 Å². The van der Waals surface area contributed by atoms with Gasteiger partial charge < -0.3 is 14.8 Å². The maximum atomic E-state index is 13.5. The first kappa shape index (κ1) is 23.0. The van der Waals surface area contributed by atoms with Crippen molar-refractivity contribution in [2.45, 2.75) is 45.4 Å². The second-order valence-corrected chi connectivity index (χ2v) is 14.3. The molecule has 166 valence electrons. The van der Waals surface area contributed by atoms with Crippen molar-refractivity contribution in [1.82, 2.24) is 15.0 Å². The average molecular weight is 450 g/mol. The number of aromatic amines is 1. The van der Waals surface area contributed by atoms with Crippen molar-refractivity contribution in [2.75, 3.05) is 6.61 Å². The van der Waals surface area contributed by atoms with Crippen LogP contribution in [0, 0.1) is 6.92 Å². The van der Waals surface area contributed by atoms with Crippen molar-refractivity contribution in [3.63, 3.8) is 0 Å². The van der Waals surface area contributed by atoms with Gasteiger partial charge in [-0.3, -0.25) is 4.98 Å². The number of phenols is 1. The summed E-state index contributed by atoms with van der Waals surface area (Å²) in [5.74, 6) is 0.285. The van der Waals surface area contributed by atoms with Crippen LogP contribution in [-0.2, 0) is 17.5 Å². The van der Waals surface area contributed by atoms with E-state index < -0.39 is 19.9 Å². The normalized spacial score (nSPS) is 12.4. The number of halogens is 3. The molecular formula is C22H26F3N3O2Si. The zero-order valence-electron chi connectivity index (χ0n) is 18.0. The van der Waals surface area contributed by atoms with Crippen LogP contribution in [0.3, 0.4) is 0 Å². The molecule has 31 heavy (non-hydrogen) atoms. The highest BCUT2D eigenvalue weighted by Gasteiger charge is 2.37. The number of H-pyrrole nitrogens is 1. The summed E-state index contributed by atoms with van der Waals surface area (Å²) in [6, 6.07) is 9.35. The van der Waals surface area contributed by atoms with Crippen molar-refractivity contribution in [3.05, 3.63) is 53.5 Å². The lowest BCUT2D eigenvalue weighted by atomic mass is 10.1. The minimum absolute atomic E-state index is 0.0867. The molecule has 0 bridgehead atoms. The summed E-state index contributed by atoms with van der Waals surface area (Å²) in [4.78, 5) is 10.9. The van der Waals surface area contributed by atoms with E-state index in [0.29, 0.717) is 23.4 Å². The molecule has 0 atom stereocenters. The number of benzene rings is 1. The summed E-state index contributed by atoms with van der Waals surface area (Å²) in [6.45, 7) is 8.57. The molecule has 0 aliphatic carbocycles. The number of alkyl halides is 3. The van der Waals surface area contributed by atoms with Gasteiger partial charge in [-0.15, -0.1) is 0 Å². The monoisotopic (exact) mass is 449 g/mol. The molecule has 0 unspecified atom stereocenters. The quantitative estimate of drug-likeness (QED) is 0.341. The molecule has 2 heterocycles. The van der Waals surface area contributed by atoms with Crippen LogP contribution in [0.4, 0.5) is 13.2 Å². The van der Waals surface area contributed by atoms with Gasteiger partial charge in [0.25, 0.3) is 0 Å². The number of nitrogens with zero attached hydrogens (tertiary/aromatic N) is 2. The molecular weight excluding hydrogens is 423 g/mol. The number of pyridine rings is 1. The van der Waals surface area contributed by atoms with E-state index in [4.69, 9.17) is 4.74 Å². The maximum absolute atomic E-state index is 13.5. The number of phenolic OH excluding ortho intramolecular Hbond substituents is 1. The van der Waals surface area contributed by atoms with Gasteiger partial charge in [-0.25, -0.2) is 4.98 Å². The molecule has 0 amide bonds. The molecule has 9 heteroatoms. The Morgan fingerprint density at radius 3 is 2.39 bits per heavy atom. The van der Waals surface area contributed by atoms with Gasteiger partial charge >= 0.3 is 6.18 Å². The number of ether oxygens (including phenoxy) is 1. The van der Waals surface area contributed by atoms with E-state index in [0.717, 1.165) is 11.6 Å². The fraction of sp³-hybridized carbons (Fsp3) is 0.364. The van der Waals surface area contributed by atoms with E-state index in [1.807, 2.05) is 0 Å². The van der Waals surface area contributed by atoms with Crippen molar-refractivity contribution < 1.29 is 23.0 Å². The summed E-state index contributed by atoms with van der Waals surface area (Å²) >= 11 is 0. The summed E-state index contributed by atoms with van der Waals surface area (Å²) in [7, 11) is -1.33. The SMILES string of the molecule is Cc1cc(-c2ccc(-c3nc(C(F)(F)F)c(COCC[Si](C)(C)C)[nH]3)cn2)ccc1O. The third-order valence-electron chi connectivity index (χ3n) is 4.82. The van der Waals surface area contributed by atoms with Gasteiger partial charge in [-0.05, 0) is 48.9 Å². The molecule has 0 saturated carbocycles. The maximum Gasteiger partial charge on any atom is 0.435 e. The number of imidazole rings is 1. The zero-order valence-corrected chi connectivity index (χ0v) is 19.0. The van der Waals surface area contributed by atoms with E-state index in [1.54, 1.807) is 37.3 Å². The predicted molar refractivity (Wildman–Crippen MR) is 116 cm³/mol. The lowest BCUT2D eigenvalue weighted by molar-refractivity contribution is -0.142.